The highest BCUT2D eigenvalue weighted by Crippen LogP contribution is 2.34. The zero-order valence-electron chi connectivity index (χ0n) is 9.01. The highest BCUT2D eigenvalue weighted by molar-refractivity contribution is 5.32. The van der Waals surface area contributed by atoms with Crippen molar-refractivity contribution >= 4 is 0 Å². The van der Waals surface area contributed by atoms with Gasteiger partial charge in [-0.25, -0.2) is 0 Å². The Hall–Kier alpha value is -0.830. The Morgan fingerprint density at radius 1 is 1.64 bits per heavy atom. The Balaban J connectivity index is 2.40. The number of nitrogens with one attached hydrogen (secondary N) is 1. The average Bonchev–Trinajstić information content (AvgIpc) is 2.59. The van der Waals surface area contributed by atoms with Gasteiger partial charge in [0, 0.05) is 23.2 Å². The van der Waals surface area contributed by atoms with Crippen molar-refractivity contribution < 1.29 is 0 Å². The van der Waals surface area contributed by atoms with E-state index in [1.807, 2.05) is 0 Å². The van der Waals surface area contributed by atoms with Crippen LogP contribution in [0.2, 0.25) is 0 Å². The first-order valence-electron chi connectivity index (χ1n) is 5.55. The van der Waals surface area contributed by atoms with Crippen LogP contribution in [-0.2, 0) is 12.8 Å². The second-order valence-corrected chi connectivity index (χ2v) is 4.27. The topological polar surface area (TPSA) is 54.7 Å². The molecule has 1 aliphatic rings. The fraction of sp³-hybridized carbons (Fsp3) is 0.727. The summed E-state index contributed by atoms with van der Waals surface area (Å²) in [4.78, 5) is 0. The number of aromatic nitrogens is 2. The van der Waals surface area contributed by atoms with E-state index >= 15 is 0 Å². The maximum atomic E-state index is 6.02. The van der Waals surface area contributed by atoms with Crippen LogP contribution in [0.5, 0.6) is 0 Å². The molecule has 0 spiro atoms. The lowest BCUT2D eigenvalue weighted by Gasteiger charge is -2.26. The van der Waals surface area contributed by atoms with Gasteiger partial charge in [0.2, 0.25) is 0 Å². The average molecular weight is 193 g/mol. The van der Waals surface area contributed by atoms with Crippen molar-refractivity contribution in [1.82, 2.24) is 10.2 Å². The molecule has 0 saturated heterocycles. The predicted molar refractivity (Wildman–Crippen MR) is 57.3 cm³/mol. The van der Waals surface area contributed by atoms with Gasteiger partial charge in [-0.3, -0.25) is 5.10 Å². The highest BCUT2D eigenvalue weighted by atomic mass is 15.1. The molecule has 78 valence electrons. The lowest BCUT2D eigenvalue weighted by atomic mass is 9.81. The monoisotopic (exact) mass is 193 g/mol. The van der Waals surface area contributed by atoms with Gasteiger partial charge in [-0.15, -0.1) is 0 Å². The van der Waals surface area contributed by atoms with Crippen molar-refractivity contribution in [3.63, 3.8) is 0 Å². The zero-order chi connectivity index (χ0) is 10.1. The Kier molecular flexibility index (Phi) is 2.59. The quantitative estimate of drug-likeness (QED) is 0.751. The van der Waals surface area contributed by atoms with Crippen LogP contribution < -0.4 is 5.73 Å². The molecule has 1 aliphatic carbocycles. The molecule has 2 rings (SSSR count). The number of aryl methyl sites for hydroxylation is 2. The van der Waals surface area contributed by atoms with Gasteiger partial charge >= 0.3 is 0 Å². The second kappa shape index (κ2) is 3.73. The maximum absolute atomic E-state index is 6.02. The number of fused-ring (bicyclic) bond motifs is 1. The minimum Gasteiger partial charge on any atom is -0.327 e. The van der Waals surface area contributed by atoms with E-state index in [0.717, 1.165) is 12.8 Å². The Bertz CT molecular complexity index is 301. The molecular weight excluding hydrogens is 174 g/mol. The third-order valence-electron chi connectivity index (χ3n) is 3.24. The van der Waals surface area contributed by atoms with Gasteiger partial charge < -0.3 is 5.73 Å². The number of nitrogens with zero attached hydrogens (tertiary/aromatic N) is 1. The van der Waals surface area contributed by atoms with E-state index in [1.54, 1.807) is 0 Å². The minimum atomic E-state index is 0.247. The number of hydrogen-bond acceptors (Lipinski definition) is 2. The van der Waals surface area contributed by atoms with Crippen LogP contribution in [-0.4, -0.2) is 16.2 Å². The van der Waals surface area contributed by atoms with Gasteiger partial charge in [-0.05, 0) is 32.6 Å². The molecule has 0 bridgehead atoms. The summed E-state index contributed by atoms with van der Waals surface area (Å²) in [5, 5.41) is 7.52. The van der Waals surface area contributed by atoms with E-state index in [9.17, 15) is 0 Å². The van der Waals surface area contributed by atoms with Crippen molar-refractivity contribution in [2.45, 2.75) is 51.5 Å². The summed E-state index contributed by atoms with van der Waals surface area (Å²) < 4.78 is 0. The summed E-state index contributed by atoms with van der Waals surface area (Å²) in [6, 6.07) is 0.247. The smallest absolute Gasteiger partial charge is 0.0657 e. The van der Waals surface area contributed by atoms with Gasteiger partial charge in [0.25, 0.3) is 0 Å². The van der Waals surface area contributed by atoms with E-state index < -0.39 is 0 Å². The number of rotatable bonds is 2. The van der Waals surface area contributed by atoms with Crippen molar-refractivity contribution in [2.75, 3.05) is 0 Å². The molecule has 0 amide bonds. The van der Waals surface area contributed by atoms with Crippen molar-refractivity contribution in [1.29, 1.82) is 0 Å². The standard InChI is InChI=1S/C11H19N3/c1-3-9-11-8(7(2)12)5-4-6-10(11)14-13-9/h7-8H,3-6,12H2,1-2H3,(H,13,14). The van der Waals surface area contributed by atoms with Crippen LogP contribution in [0.4, 0.5) is 0 Å². The Labute approximate surface area is 85.1 Å². The summed E-state index contributed by atoms with van der Waals surface area (Å²) in [5.41, 5.74) is 10.0. The minimum absolute atomic E-state index is 0.247. The van der Waals surface area contributed by atoms with Gasteiger partial charge in [0.05, 0.1) is 5.69 Å². The molecule has 3 N–H and O–H groups in total. The van der Waals surface area contributed by atoms with Gasteiger partial charge in [-0.1, -0.05) is 6.92 Å². The van der Waals surface area contributed by atoms with Crippen LogP contribution >= 0.6 is 0 Å². The summed E-state index contributed by atoms with van der Waals surface area (Å²) in [6.45, 7) is 4.26. The lowest BCUT2D eigenvalue weighted by molar-refractivity contribution is 0.480. The third kappa shape index (κ3) is 1.46. The summed E-state index contributed by atoms with van der Waals surface area (Å²) >= 11 is 0. The van der Waals surface area contributed by atoms with E-state index in [4.69, 9.17) is 5.73 Å². The fourth-order valence-corrected chi connectivity index (χ4v) is 2.50. The van der Waals surface area contributed by atoms with E-state index in [1.165, 1.54) is 29.8 Å². The summed E-state index contributed by atoms with van der Waals surface area (Å²) in [6.07, 6.45) is 4.61. The third-order valence-corrected chi connectivity index (χ3v) is 3.24. The van der Waals surface area contributed by atoms with Crippen LogP contribution in [0.15, 0.2) is 0 Å². The molecule has 0 aromatic carbocycles. The predicted octanol–water partition coefficient (Wildman–Crippen LogP) is 1.74. The summed E-state index contributed by atoms with van der Waals surface area (Å²) in [7, 11) is 0. The van der Waals surface area contributed by atoms with Crippen molar-refractivity contribution in [3.8, 4) is 0 Å². The second-order valence-electron chi connectivity index (χ2n) is 4.27. The van der Waals surface area contributed by atoms with E-state index in [-0.39, 0.29) is 6.04 Å². The molecule has 2 unspecified atom stereocenters. The van der Waals surface area contributed by atoms with Crippen LogP contribution in [0.1, 0.15) is 49.6 Å². The van der Waals surface area contributed by atoms with E-state index in [0.29, 0.717) is 5.92 Å². The van der Waals surface area contributed by atoms with Gasteiger partial charge in [0.15, 0.2) is 0 Å². The van der Waals surface area contributed by atoms with Gasteiger partial charge in [0.1, 0.15) is 0 Å². The maximum Gasteiger partial charge on any atom is 0.0657 e. The summed E-state index contributed by atoms with van der Waals surface area (Å²) in [5.74, 6) is 0.521. The number of nitrogens with two attached hydrogens (primary N) is 1. The molecule has 3 nitrogen and oxygen atoms in total. The molecule has 0 aliphatic heterocycles. The number of H-pyrrole nitrogens is 1. The highest BCUT2D eigenvalue weighted by Gasteiger charge is 2.27. The van der Waals surface area contributed by atoms with Crippen LogP contribution in [0, 0.1) is 0 Å². The molecule has 1 heterocycles. The van der Waals surface area contributed by atoms with Crippen molar-refractivity contribution in [2.24, 2.45) is 5.73 Å². The molecule has 0 fully saturated rings. The first-order chi connectivity index (χ1) is 6.74. The zero-order valence-corrected chi connectivity index (χ0v) is 9.01. The van der Waals surface area contributed by atoms with Crippen molar-refractivity contribution in [3.05, 3.63) is 17.0 Å². The molecule has 1 aromatic rings. The molecule has 3 heteroatoms. The molecule has 14 heavy (non-hydrogen) atoms. The number of hydrogen-bond donors (Lipinski definition) is 2. The van der Waals surface area contributed by atoms with E-state index in [2.05, 4.69) is 24.0 Å². The number of aromatic amines is 1. The first kappa shape index (κ1) is 9.71. The van der Waals surface area contributed by atoms with Gasteiger partial charge in [-0.2, -0.15) is 5.10 Å². The first-order valence-corrected chi connectivity index (χ1v) is 5.55. The molecule has 1 aromatic heterocycles. The normalized spacial score (nSPS) is 23.2. The molecule has 2 atom stereocenters. The largest absolute Gasteiger partial charge is 0.327 e. The lowest BCUT2D eigenvalue weighted by Crippen LogP contribution is -2.28. The molecule has 0 radical (unpaired) electrons. The molecule has 0 saturated carbocycles. The Morgan fingerprint density at radius 2 is 2.43 bits per heavy atom. The Morgan fingerprint density at radius 3 is 3.07 bits per heavy atom. The SMILES string of the molecule is CCc1n[nH]c2c1C(C(C)N)CCC2. The fourth-order valence-electron chi connectivity index (χ4n) is 2.50. The van der Waals surface area contributed by atoms with Crippen LogP contribution in [0.3, 0.4) is 0 Å². The molecular formula is C11H19N3. The van der Waals surface area contributed by atoms with Crippen LogP contribution in [0.25, 0.3) is 0 Å².